The number of rotatable bonds is 4. The highest BCUT2D eigenvalue weighted by Crippen LogP contribution is 2.29. The second kappa shape index (κ2) is 5.90. The Labute approximate surface area is 105 Å². The van der Waals surface area contributed by atoms with Crippen molar-refractivity contribution in [1.82, 2.24) is 4.98 Å². The second-order valence-corrected chi connectivity index (χ2v) is 3.66. The highest BCUT2D eigenvalue weighted by Gasteiger charge is 2.24. The molecule has 7 heteroatoms. The van der Waals surface area contributed by atoms with Gasteiger partial charge in [0.2, 0.25) is 0 Å². The Morgan fingerprint density at radius 3 is 2.76 bits per heavy atom. The fourth-order valence-corrected chi connectivity index (χ4v) is 1.73. The number of carbonyl (C=O) groups excluding carboxylic acids is 1. The van der Waals surface area contributed by atoms with Gasteiger partial charge >= 0.3 is 5.97 Å². The quantitative estimate of drug-likeness (QED) is 0.686. The van der Waals surface area contributed by atoms with Crippen molar-refractivity contribution in [1.29, 1.82) is 0 Å². The zero-order valence-corrected chi connectivity index (χ0v) is 10.6. The largest absolute Gasteiger partial charge is 0.462 e. The number of hydrogen-bond acceptors (Lipinski definition) is 4. The molecule has 0 saturated heterocycles. The van der Waals surface area contributed by atoms with Gasteiger partial charge in [-0.3, -0.25) is 4.98 Å². The number of hydrogen-bond donors (Lipinski definition) is 1. The number of anilines is 1. The first-order chi connectivity index (χ1) is 8.02. The van der Waals surface area contributed by atoms with Crippen LogP contribution in [0.5, 0.6) is 0 Å². The molecular weight excluding hydrogens is 298 g/mol. The minimum Gasteiger partial charge on any atom is -0.462 e. The Hall–Kier alpha value is -1.24. The lowest BCUT2D eigenvalue weighted by atomic mass is 10.1. The molecule has 0 spiro atoms. The van der Waals surface area contributed by atoms with Gasteiger partial charge in [-0.05, 0) is 6.92 Å². The molecule has 4 nitrogen and oxygen atoms in total. The van der Waals surface area contributed by atoms with Crippen molar-refractivity contribution in [2.24, 2.45) is 0 Å². The molecule has 0 aromatic carbocycles. The maximum absolute atomic E-state index is 12.7. The lowest BCUT2D eigenvalue weighted by Gasteiger charge is -2.12. The molecule has 0 atom stereocenters. The highest BCUT2D eigenvalue weighted by atomic mass is 79.9. The van der Waals surface area contributed by atoms with Crippen LogP contribution in [-0.4, -0.2) is 17.6 Å². The molecule has 0 aliphatic rings. The zero-order chi connectivity index (χ0) is 13.0. The number of esters is 1. The molecule has 2 N–H and O–H groups in total. The normalized spacial score (nSPS) is 10.6. The van der Waals surface area contributed by atoms with E-state index in [1.807, 2.05) is 0 Å². The van der Waals surface area contributed by atoms with E-state index in [1.165, 1.54) is 0 Å². The van der Waals surface area contributed by atoms with Gasteiger partial charge in [0.25, 0.3) is 6.43 Å². The molecule has 0 bridgehead atoms. The van der Waals surface area contributed by atoms with E-state index in [-0.39, 0.29) is 23.2 Å². The lowest BCUT2D eigenvalue weighted by molar-refractivity contribution is 0.0516. The molecule has 94 valence electrons. The third-order valence-electron chi connectivity index (χ3n) is 2.07. The minimum atomic E-state index is -2.83. The molecule has 1 heterocycles. The van der Waals surface area contributed by atoms with Crippen molar-refractivity contribution in [3.8, 4) is 0 Å². The summed E-state index contributed by atoms with van der Waals surface area (Å²) in [6, 6.07) is 0. The first-order valence-corrected chi connectivity index (χ1v) is 5.93. The number of aromatic nitrogens is 1. The molecule has 0 radical (unpaired) electrons. The van der Waals surface area contributed by atoms with Gasteiger partial charge in [0.1, 0.15) is 0 Å². The van der Waals surface area contributed by atoms with Crippen LogP contribution >= 0.6 is 15.9 Å². The molecule has 1 aromatic rings. The maximum Gasteiger partial charge on any atom is 0.340 e. The van der Waals surface area contributed by atoms with Crippen molar-refractivity contribution in [3.63, 3.8) is 0 Å². The van der Waals surface area contributed by atoms with Gasteiger partial charge in [-0.15, -0.1) is 0 Å². The van der Waals surface area contributed by atoms with Crippen LogP contribution in [0.25, 0.3) is 0 Å². The van der Waals surface area contributed by atoms with Gasteiger partial charge < -0.3 is 10.5 Å². The van der Waals surface area contributed by atoms with Crippen LogP contribution in [0.15, 0.2) is 6.20 Å². The molecule has 1 rings (SSSR count). The summed E-state index contributed by atoms with van der Waals surface area (Å²) < 4.78 is 30.2. The van der Waals surface area contributed by atoms with Gasteiger partial charge in [-0.1, -0.05) is 15.9 Å². The lowest BCUT2D eigenvalue weighted by Crippen LogP contribution is -2.14. The standard InChI is InChI=1S/C10H11BrF2N2O2/c1-2-17-10(16)7-5(9(12)13)4-15-6(3-11)8(7)14/h4,9H,2-3,14H2,1H3. The van der Waals surface area contributed by atoms with Crippen LogP contribution < -0.4 is 5.73 Å². The number of nitrogens with two attached hydrogens (primary N) is 1. The van der Waals surface area contributed by atoms with E-state index >= 15 is 0 Å². The summed E-state index contributed by atoms with van der Waals surface area (Å²) in [4.78, 5) is 15.3. The Kier molecular flexibility index (Phi) is 4.80. The molecular formula is C10H11BrF2N2O2. The van der Waals surface area contributed by atoms with Gasteiger partial charge in [0, 0.05) is 11.5 Å². The number of nitrogens with zero attached hydrogens (tertiary/aromatic N) is 1. The van der Waals surface area contributed by atoms with Crippen molar-refractivity contribution < 1.29 is 18.3 Å². The van der Waals surface area contributed by atoms with Crippen LogP contribution in [0.2, 0.25) is 0 Å². The van der Waals surface area contributed by atoms with Crippen LogP contribution in [0.4, 0.5) is 14.5 Å². The third-order valence-corrected chi connectivity index (χ3v) is 2.60. The predicted octanol–water partition coefficient (Wildman–Crippen LogP) is 2.67. The van der Waals surface area contributed by atoms with E-state index in [4.69, 9.17) is 10.5 Å². The van der Waals surface area contributed by atoms with Crippen molar-refractivity contribution >= 4 is 27.6 Å². The number of nitrogen functional groups attached to an aromatic ring is 1. The topological polar surface area (TPSA) is 65.2 Å². The fourth-order valence-electron chi connectivity index (χ4n) is 1.28. The Bertz CT molecular complexity index is 427. The molecule has 0 amide bonds. The van der Waals surface area contributed by atoms with E-state index in [0.717, 1.165) is 6.20 Å². The van der Waals surface area contributed by atoms with E-state index in [2.05, 4.69) is 20.9 Å². The van der Waals surface area contributed by atoms with E-state index in [1.54, 1.807) is 6.92 Å². The van der Waals surface area contributed by atoms with Crippen molar-refractivity contribution in [2.75, 3.05) is 12.3 Å². The summed E-state index contributed by atoms with van der Waals surface area (Å²) >= 11 is 3.11. The van der Waals surface area contributed by atoms with Gasteiger partial charge in [0.15, 0.2) is 0 Å². The average molecular weight is 309 g/mol. The molecule has 0 fully saturated rings. The summed E-state index contributed by atoms with van der Waals surface area (Å²) in [6.07, 6.45) is -1.88. The van der Waals surface area contributed by atoms with Crippen LogP contribution in [-0.2, 0) is 10.1 Å². The van der Waals surface area contributed by atoms with Crippen LogP contribution in [0, 0.1) is 0 Å². The summed E-state index contributed by atoms with van der Waals surface area (Å²) in [5.74, 6) is -0.857. The average Bonchev–Trinajstić information content (AvgIpc) is 2.28. The number of ether oxygens (including phenoxy) is 1. The van der Waals surface area contributed by atoms with Gasteiger partial charge in [-0.2, -0.15) is 0 Å². The monoisotopic (exact) mass is 308 g/mol. The van der Waals surface area contributed by atoms with E-state index in [0.29, 0.717) is 5.69 Å². The number of halogens is 3. The summed E-state index contributed by atoms with van der Waals surface area (Å²) in [5, 5.41) is 0.273. The van der Waals surface area contributed by atoms with Crippen LogP contribution in [0.3, 0.4) is 0 Å². The van der Waals surface area contributed by atoms with Gasteiger partial charge in [-0.25, -0.2) is 13.6 Å². The Balaban J connectivity index is 3.34. The molecule has 0 saturated carbocycles. The Morgan fingerprint density at radius 2 is 2.29 bits per heavy atom. The Morgan fingerprint density at radius 1 is 1.65 bits per heavy atom. The number of pyridine rings is 1. The SMILES string of the molecule is CCOC(=O)c1c(C(F)F)cnc(CBr)c1N. The molecule has 0 unspecified atom stereocenters. The maximum atomic E-state index is 12.7. The highest BCUT2D eigenvalue weighted by molar-refractivity contribution is 9.08. The summed E-state index contributed by atoms with van der Waals surface area (Å²) in [5.41, 5.74) is 5.09. The fraction of sp³-hybridized carbons (Fsp3) is 0.400. The predicted molar refractivity (Wildman–Crippen MR) is 62.2 cm³/mol. The summed E-state index contributed by atoms with van der Waals surface area (Å²) in [7, 11) is 0. The van der Waals surface area contributed by atoms with Crippen molar-refractivity contribution in [2.45, 2.75) is 18.7 Å². The number of alkyl halides is 3. The van der Waals surface area contributed by atoms with E-state index in [9.17, 15) is 13.6 Å². The first kappa shape index (κ1) is 13.8. The smallest absolute Gasteiger partial charge is 0.340 e. The van der Waals surface area contributed by atoms with Crippen LogP contribution in [0.1, 0.15) is 35.0 Å². The number of carbonyl (C=O) groups is 1. The second-order valence-electron chi connectivity index (χ2n) is 3.10. The molecule has 0 aliphatic carbocycles. The van der Waals surface area contributed by atoms with Crippen molar-refractivity contribution in [3.05, 3.63) is 23.0 Å². The minimum absolute atomic E-state index is 0.0712. The third kappa shape index (κ3) is 2.91. The van der Waals surface area contributed by atoms with E-state index < -0.39 is 18.0 Å². The molecule has 0 aliphatic heterocycles. The first-order valence-electron chi connectivity index (χ1n) is 4.81. The summed E-state index contributed by atoms with van der Waals surface area (Å²) in [6.45, 7) is 1.68. The zero-order valence-electron chi connectivity index (χ0n) is 9.04. The van der Waals surface area contributed by atoms with Gasteiger partial charge in [0.05, 0.1) is 29.1 Å². The molecule has 1 aromatic heterocycles. The molecule has 17 heavy (non-hydrogen) atoms.